The molecule has 3 unspecified atom stereocenters. The van der Waals surface area contributed by atoms with Crippen molar-refractivity contribution >= 4 is 78.6 Å². The zero-order chi connectivity index (χ0) is 68.0. The highest BCUT2D eigenvalue weighted by atomic mass is 32.1. The van der Waals surface area contributed by atoms with Crippen LogP contribution in [0.25, 0.3) is 32.7 Å². The number of aromatic amines is 4. The van der Waals surface area contributed by atoms with Crippen LogP contribution in [-0.4, -0.2) is 180 Å². The SMILES string of the molecule is CCCCC(CC(=O)c1cnc(N2C[C@@H](C)N(C)[C@H](C)C2)o1)Cc1c[nH]c2ccccc12.CCCCC(CC(=O)c1nc(N2C[C@@H](C)N(C)[C@H](C)C2)n[nH]1)Cc1c[nH]c2ccccc12.CCCCC(Cc1c[nH]c2ccccc12)NC(=O)c1nnc(N2C[C@@H](C)N(C)[C@H](C)C2)s1. The predicted octanol–water partition coefficient (Wildman–Crippen LogP) is 13.8. The first-order valence-electron chi connectivity index (χ1n) is 35.5. The zero-order valence-corrected chi connectivity index (χ0v) is 59.9. The van der Waals surface area contributed by atoms with Crippen LogP contribution in [0.3, 0.4) is 0 Å². The largest absolute Gasteiger partial charge is 0.420 e. The van der Waals surface area contributed by atoms with Crippen LogP contribution in [-0.2, 0) is 19.3 Å². The highest BCUT2D eigenvalue weighted by Gasteiger charge is 2.33. The number of piperazine rings is 3. The maximum atomic E-state index is 13.1. The Morgan fingerprint density at radius 2 is 1.00 bits per heavy atom. The monoisotopic (exact) mass is 1330 g/mol. The van der Waals surface area contributed by atoms with Crippen LogP contribution >= 0.6 is 11.3 Å². The molecule has 21 heteroatoms. The number of benzene rings is 3. The van der Waals surface area contributed by atoms with E-state index in [2.05, 4.69) is 237 Å². The minimum atomic E-state index is -0.120. The standard InChI is InChI=1S/C26H36N4O2.C25H36N6O.C24H34N6OS/c1-5-6-9-20(12-21-14-27-23-11-8-7-10-22(21)23)13-24(31)25-15-28-26(32-25)30-16-18(2)29(4)19(3)17-30;1-5-6-9-19(12-20-14-26-22-11-8-7-10-21(20)22)13-23(32)24-27-25(29-28-24)31-15-17(2)30(4)18(3)16-31;1-5-6-9-19(12-18-13-25-21-11-8-7-10-20(18)21)26-22(31)23-27-28-24(32-23)30-14-16(2)29(4)17(3)15-30/h7-8,10-11,14-15,18-20,27H,5-6,9,12-13,16-17H2,1-4H3;7-8,10-11,14,17-19,26H,5-6,9,12-13,15-16H2,1-4H3,(H,27,28,29);7-8,10-11,13,16-17,19,25H,5-6,9,12,14-15H2,1-4H3,(H,26,31)/t18-,19-,20?;17-,18-,19?;16-,17-,19?/m111/s1. The first kappa shape index (κ1) is 71.1. The van der Waals surface area contributed by atoms with Crippen LogP contribution < -0.4 is 20.0 Å². The molecule has 0 spiro atoms. The fourth-order valence-electron chi connectivity index (χ4n) is 14.2. The van der Waals surface area contributed by atoms with E-state index < -0.39 is 0 Å². The quantitative estimate of drug-likeness (QED) is 0.0318. The number of rotatable bonds is 26. The molecule has 3 aromatic carbocycles. The number of nitrogens with one attached hydrogen (secondary N) is 5. The molecular formula is C75H106N16O4S. The molecule has 96 heavy (non-hydrogen) atoms. The minimum Gasteiger partial charge on any atom is -0.420 e. The van der Waals surface area contributed by atoms with Gasteiger partial charge < -0.3 is 39.4 Å². The molecule has 3 aliphatic heterocycles. The van der Waals surface area contributed by atoms with Crippen molar-refractivity contribution in [2.24, 2.45) is 11.8 Å². The van der Waals surface area contributed by atoms with Crippen LogP contribution in [0.4, 0.5) is 17.1 Å². The first-order chi connectivity index (χ1) is 46.4. The lowest BCUT2D eigenvalue weighted by molar-refractivity contribution is 0.0923. The lowest BCUT2D eigenvalue weighted by Gasteiger charge is -2.42. The van der Waals surface area contributed by atoms with Gasteiger partial charge in [-0.1, -0.05) is 125 Å². The summed E-state index contributed by atoms with van der Waals surface area (Å²) in [6, 6.07) is 28.2. The molecule has 1 amide bonds. The molecule has 20 nitrogen and oxygen atoms in total. The Morgan fingerprint density at radius 1 is 0.562 bits per heavy atom. The van der Waals surface area contributed by atoms with Crippen LogP contribution in [0.5, 0.6) is 0 Å². The molecule has 0 radical (unpaired) electrons. The number of ketones is 2. The fraction of sp³-hybridized carbons (Fsp3) is 0.547. The molecule has 0 saturated carbocycles. The third-order valence-corrected chi connectivity index (χ3v) is 21.6. The van der Waals surface area contributed by atoms with Gasteiger partial charge >= 0.3 is 0 Å². The Morgan fingerprint density at radius 3 is 1.49 bits per heavy atom. The van der Waals surface area contributed by atoms with E-state index in [4.69, 9.17) is 4.42 Å². The van der Waals surface area contributed by atoms with Crippen molar-refractivity contribution in [3.8, 4) is 0 Å². The molecule has 516 valence electrons. The normalized spacial score (nSPS) is 20.6. The van der Waals surface area contributed by atoms with Crippen molar-refractivity contribution < 1.29 is 18.8 Å². The topological polar surface area (TPSA) is 223 Å². The number of oxazole rings is 1. The van der Waals surface area contributed by atoms with Gasteiger partial charge in [-0.2, -0.15) is 4.98 Å². The lowest BCUT2D eigenvalue weighted by Crippen LogP contribution is -2.55. The molecule has 0 bridgehead atoms. The van der Waals surface area contributed by atoms with Gasteiger partial charge in [0.2, 0.25) is 16.1 Å². The van der Waals surface area contributed by atoms with Crippen LogP contribution in [0.2, 0.25) is 0 Å². The van der Waals surface area contributed by atoms with Gasteiger partial charge in [0.05, 0.1) is 6.20 Å². The predicted molar refractivity (Wildman–Crippen MR) is 390 cm³/mol. The van der Waals surface area contributed by atoms with E-state index in [1.54, 1.807) is 6.20 Å². The number of likely N-dealkylation sites (N-methyl/N-ethyl adjacent to an activating group) is 3. The van der Waals surface area contributed by atoms with Crippen LogP contribution in [0.15, 0.2) is 102 Å². The molecule has 3 aliphatic rings. The number of hydrogen-bond acceptors (Lipinski definition) is 16. The van der Waals surface area contributed by atoms with Gasteiger partial charge in [-0.3, -0.25) is 34.2 Å². The number of H-pyrrole nitrogens is 4. The summed E-state index contributed by atoms with van der Waals surface area (Å²) in [5.41, 5.74) is 7.24. The summed E-state index contributed by atoms with van der Waals surface area (Å²) < 4.78 is 5.97. The van der Waals surface area contributed by atoms with Gasteiger partial charge in [0, 0.05) is 146 Å². The lowest BCUT2D eigenvalue weighted by atomic mass is 9.89. The molecule has 9 atom stereocenters. The van der Waals surface area contributed by atoms with E-state index in [0.29, 0.717) is 89.5 Å². The molecule has 12 rings (SSSR count). The first-order valence-corrected chi connectivity index (χ1v) is 36.3. The van der Waals surface area contributed by atoms with Gasteiger partial charge in [0.25, 0.3) is 11.9 Å². The number of unbranched alkanes of at least 4 members (excludes halogenated alkanes) is 3. The highest BCUT2D eigenvalue weighted by molar-refractivity contribution is 7.17. The van der Waals surface area contributed by atoms with Gasteiger partial charge in [-0.25, -0.2) is 4.98 Å². The van der Waals surface area contributed by atoms with E-state index in [1.807, 2.05) is 18.2 Å². The number of nitrogens with zero attached hydrogens (tertiary/aromatic N) is 11. The zero-order valence-electron chi connectivity index (χ0n) is 59.0. The average Bonchev–Trinajstić information content (AvgIpc) is 1.36. The highest BCUT2D eigenvalue weighted by Crippen LogP contribution is 2.31. The number of fused-ring (bicyclic) bond motifs is 3. The van der Waals surface area contributed by atoms with Crippen LogP contribution in [0.1, 0.15) is 181 Å². The number of carbonyl (C=O) groups excluding carboxylic acids is 3. The molecule has 9 aromatic rings. The van der Waals surface area contributed by atoms with Crippen molar-refractivity contribution in [2.75, 3.05) is 75.1 Å². The number of para-hydroxylation sites is 3. The maximum Gasteiger partial charge on any atom is 0.297 e. The van der Waals surface area contributed by atoms with Crippen molar-refractivity contribution in [2.45, 2.75) is 194 Å². The van der Waals surface area contributed by atoms with E-state index in [9.17, 15) is 14.4 Å². The van der Waals surface area contributed by atoms with Crippen molar-refractivity contribution in [1.29, 1.82) is 0 Å². The van der Waals surface area contributed by atoms with Crippen molar-refractivity contribution in [3.05, 3.63) is 131 Å². The molecule has 9 heterocycles. The number of carbonyl (C=O) groups is 3. The third kappa shape index (κ3) is 17.9. The van der Waals surface area contributed by atoms with E-state index in [0.717, 1.165) is 138 Å². The summed E-state index contributed by atoms with van der Waals surface area (Å²) in [5.74, 6) is 1.99. The number of amides is 1. The summed E-state index contributed by atoms with van der Waals surface area (Å²) in [6.07, 6.45) is 21.1. The number of anilines is 3. The summed E-state index contributed by atoms with van der Waals surface area (Å²) in [5, 5.41) is 24.1. The molecule has 5 N–H and O–H groups in total. The van der Waals surface area contributed by atoms with Crippen molar-refractivity contribution in [3.63, 3.8) is 0 Å². The second-order valence-electron chi connectivity index (χ2n) is 28.0. The Kier molecular flexibility index (Phi) is 24.8. The fourth-order valence-corrected chi connectivity index (χ4v) is 14.9. The molecule has 3 saturated heterocycles. The maximum absolute atomic E-state index is 13.1. The number of Topliss-reactive ketones (excluding diaryl/α,β-unsaturated/α-hetero) is 2. The second-order valence-corrected chi connectivity index (χ2v) is 28.9. The molecule has 3 fully saturated rings. The average molecular weight is 1330 g/mol. The third-order valence-electron chi connectivity index (χ3n) is 20.6. The summed E-state index contributed by atoms with van der Waals surface area (Å²) in [6.45, 7) is 25.1. The molecule has 0 aliphatic carbocycles. The van der Waals surface area contributed by atoms with Gasteiger partial charge in [0.15, 0.2) is 23.2 Å². The Bertz CT molecular complexity index is 3490. The summed E-state index contributed by atoms with van der Waals surface area (Å²) in [7, 11) is 6.47. The van der Waals surface area contributed by atoms with E-state index >= 15 is 0 Å². The summed E-state index contributed by atoms with van der Waals surface area (Å²) >= 11 is 1.40. The Balaban J connectivity index is 0.000000157. The van der Waals surface area contributed by atoms with Crippen LogP contribution in [0, 0.1) is 11.8 Å². The Hall–Kier alpha value is -7.72. The number of hydrogen-bond donors (Lipinski definition) is 5. The minimum absolute atomic E-state index is 0.0555. The van der Waals surface area contributed by atoms with Gasteiger partial charge in [0.1, 0.15) is 0 Å². The molecule has 6 aromatic heterocycles. The second kappa shape index (κ2) is 33.5. The summed E-state index contributed by atoms with van der Waals surface area (Å²) in [4.78, 5) is 72.1. The molecular weight excluding hydrogens is 1220 g/mol. The van der Waals surface area contributed by atoms with Gasteiger partial charge in [-0.05, 0) is 148 Å². The van der Waals surface area contributed by atoms with Gasteiger partial charge in [-0.15, -0.1) is 15.3 Å². The van der Waals surface area contributed by atoms with Crippen molar-refractivity contribution in [1.82, 2.24) is 65.3 Å². The van der Waals surface area contributed by atoms with E-state index in [-0.39, 0.29) is 23.5 Å². The smallest absolute Gasteiger partial charge is 0.297 e. The Labute approximate surface area is 572 Å². The van der Waals surface area contributed by atoms with E-state index in [1.165, 1.54) is 44.2 Å². The number of aromatic nitrogens is 9.